The molecule has 5 nitrogen and oxygen atoms in total. The number of carbonyl (C=O) groups is 1. The van der Waals surface area contributed by atoms with Gasteiger partial charge in [0.1, 0.15) is 6.61 Å². The molecule has 0 fully saturated rings. The van der Waals surface area contributed by atoms with Crippen molar-refractivity contribution < 1.29 is 14.3 Å². The van der Waals surface area contributed by atoms with E-state index >= 15 is 0 Å². The minimum absolute atomic E-state index is 0.180. The van der Waals surface area contributed by atoms with E-state index in [1.165, 1.54) is 0 Å². The highest BCUT2D eigenvalue weighted by Gasteiger charge is 2.12. The molecule has 35 heavy (non-hydrogen) atoms. The molecule has 0 bridgehead atoms. The molecule has 0 spiro atoms. The Bertz CT molecular complexity index is 1350. The van der Waals surface area contributed by atoms with E-state index < -0.39 is 0 Å². The largest absolute Gasteiger partial charge is 0.490 e. The van der Waals surface area contributed by atoms with Crippen LogP contribution in [-0.4, -0.2) is 18.7 Å². The lowest BCUT2D eigenvalue weighted by molar-refractivity contribution is -0.120. The van der Waals surface area contributed by atoms with Crippen LogP contribution in [0, 0.1) is 3.57 Å². The van der Waals surface area contributed by atoms with Gasteiger partial charge in [-0.25, -0.2) is 5.43 Å². The van der Waals surface area contributed by atoms with E-state index in [-0.39, 0.29) is 12.3 Å². The van der Waals surface area contributed by atoms with Crippen molar-refractivity contribution in [1.82, 2.24) is 5.43 Å². The third kappa shape index (κ3) is 6.74. The predicted octanol–water partition coefficient (Wildman–Crippen LogP) is 6.77. The highest BCUT2D eigenvalue weighted by molar-refractivity contribution is 14.1. The van der Waals surface area contributed by atoms with Gasteiger partial charge in [0, 0.05) is 5.02 Å². The molecule has 0 aliphatic carbocycles. The minimum atomic E-state index is -0.180. The van der Waals surface area contributed by atoms with Gasteiger partial charge in [0.25, 0.3) is 0 Å². The number of nitrogens with zero attached hydrogens (tertiary/aromatic N) is 1. The number of hydrogen-bond donors (Lipinski definition) is 1. The van der Waals surface area contributed by atoms with Gasteiger partial charge in [-0.1, -0.05) is 66.2 Å². The van der Waals surface area contributed by atoms with Crippen LogP contribution in [0.25, 0.3) is 10.8 Å². The van der Waals surface area contributed by atoms with Crippen LogP contribution in [0.5, 0.6) is 11.5 Å². The molecule has 0 aliphatic rings. The molecule has 0 saturated carbocycles. The monoisotopic (exact) mass is 598 g/mol. The van der Waals surface area contributed by atoms with Gasteiger partial charge in [0.15, 0.2) is 11.5 Å². The van der Waals surface area contributed by atoms with Crippen LogP contribution < -0.4 is 14.9 Å². The predicted molar refractivity (Wildman–Crippen MR) is 150 cm³/mol. The summed E-state index contributed by atoms with van der Waals surface area (Å²) in [5.41, 5.74) is 5.39. The first-order valence-corrected chi connectivity index (χ1v) is 12.6. The summed E-state index contributed by atoms with van der Waals surface area (Å²) < 4.78 is 12.7. The van der Waals surface area contributed by atoms with Gasteiger partial charge < -0.3 is 9.47 Å². The summed E-state index contributed by atoms with van der Waals surface area (Å²) in [5.74, 6) is 1.11. The Morgan fingerprint density at radius 2 is 1.80 bits per heavy atom. The second-order valence-electron chi connectivity index (χ2n) is 7.79. The molecular formula is C28H24ClIN2O3. The Kier molecular flexibility index (Phi) is 8.60. The first-order chi connectivity index (χ1) is 17.0. The highest BCUT2D eigenvalue weighted by Crippen LogP contribution is 2.34. The minimum Gasteiger partial charge on any atom is -0.490 e. The maximum absolute atomic E-state index is 12.5. The number of rotatable bonds is 9. The Labute approximate surface area is 223 Å². The van der Waals surface area contributed by atoms with E-state index in [1.807, 2.05) is 85.8 Å². The second kappa shape index (κ2) is 12.0. The van der Waals surface area contributed by atoms with Crippen molar-refractivity contribution in [3.8, 4) is 11.5 Å². The molecule has 0 heterocycles. The molecule has 0 atom stereocenters. The van der Waals surface area contributed by atoms with Gasteiger partial charge in [-0.15, -0.1) is 0 Å². The van der Waals surface area contributed by atoms with Crippen LogP contribution in [-0.2, 0) is 17.8 Å². The maximum Gasteiger partial charge on any atom is 0.244 e. The molecular weight excluding hydrogens is 575 g/mol. The molecule has 4 rings (SSSR count). The molecule has 4 aromatic carbocycles. The second-order valence-corrected chi connectivity index (χ2v) is 9.38. The van der Waals surface area contributed by atoms with Crippen LogP contribution >= 0.6 is 34.2 Å². The topological polar surface area (TPSA) is 59.9 Å². The fourth-order valence-corrected chi connectivity index (χ4v) is 4.55. The lowest BCUT2D eigenvalue weighted by atomic mass is 10.0. The van der Waals surface area contributed by atoms with Gasteiger partial charge in [0.2, 0.25) is 5.91 Å². The lowest BCUT2D eigenvalue weighted by Crippen LogP contribution is -2.19. The average Bonchev–Trinajstić information content (AvgIpc) is 2.85. The van der Waals surface area contributed by atoms with Gasteiger partial charge in [-0.05, 0) is 81.2 Å². The van der Waals surface area contributed by atoms with E-state index in [4.69, 9.17) is 21.1 Å². The number of hydrazone groups is 1. The van der Waals surface area contributed by atoms with Gasteiger partial charge in [-0.2, -0.15) is 5.10 Å². The smallest absolute Gasteiger partial charge is 0.244 e. The first kappa shape index (κ1) is 25.0. The number of hydrogen-bond acceptors (Lipinski definition) is 4. The summed E-state index contributed by atoms with van der Waals surface area (Å²) in [6.45, 7) is 2.81. The van der Waals surface area contributed by atoms with Crippen LogP contribution in [0.15, 0.2) is 84.0 Å². The number of benzene rings is 4. The van der Waals surface area contributed by atoms with E-state index in [9.17, 15) is 4.79 Å². The molecule has 178 valence electrons. The highest BCUT2D eigenvalue weighted by atomic mass is 127. The van der Waals surface area contributed by atoms with Gasteiger partial charge >= 0.3 is 0 Å². The number of halogens is 2. The molecule has 0 aromatic heterocycles. The van der Waals surface area contributed by atoms with Crippen molar-refractivity contribution in [2.75, 3.05) is 6.61 Å². The third-order valence-corrected chi connectivity index (χ3v) is 6.32. The van der Waals surface area contributed by atoms with Crippen molar-refractivity contribution in [3.63, 3.8) is 0 Å². The first-order valence-electron chi connectivity index (χ1n) is 11.2. The van der Waals surface area contributed by atoms with Gasteiger partial charge in [0.05, 0.1) is 22.8 Å². The maximum atomic E-state index is 12.5. The summed E-state index contributed by atoms with van der Waals surface area (Å²) >= 11 is 8.17. The number of fused-ring (bicyclic) bond motifs is 1. The van der Waals surface area contributed by atoms with Crippen molar-refractivity contribution in [2.24, 2.45) is 5.10 Å². The van der Waals surface area contributed by atoms with Crippen LogP contribution in [0.3, 0.4) is 0 Å². The molecule has 0 unspecified atom stereocenters. The zero-order valence-electron chi connectivity index (χ0n) is 19.1. The molecule has 1 N–H and O–H groups in total. The zero-order chi connectivity index (χ0) is 24.6. The number of ether oxygens (including phenoxy) is 2. The quantitative estimate of drug-likeness (QED) is 0.131. The third-order valence-electron chi connectivity index (χ3n) is 5.26. The average molecular weight is 599 g/mol. The number of amides is 1. The van der Waals surface area contributed by atoms with Crippen molar-refractivity contribution in [3.05, 3.63) is 104 Å². The Morgan fingerprint density at radius 3 is 2.60 bits per heavy atom. The molecule has 7 heteroatoms. The Hall–Kier alpha value is -3.10. The molecule has 0 saturated heterocycles. The summed E-state index contributed by atoms with van der Waals surface area (Å²) in [4.78, 5) is 12.5. The standard InChI is InChI=1S/C28H24ClIN2O3/c1-2-34-26-15-20(14-25(30)28(26)35-18-19-10-12-23(29)13-11-19)17-31-32-27(33)16-22-8-5-7-21-6-3-4-9-24(21)22/h3-15,17H,2,16,18H2,1H3,(H,32,33)/b31-17-. The number of carbonyl (C=O) groups excluding carboxylic acids is 1. The summed E-state index contributed by atoms with van der Waals surface area (Å²) in [5, 5.41) is 7.02. The zero-order valence-corrected chi connectivity index (χ0v) is 22.0. The summed E-state index contributed by atoms with van der Waals surface area (Å²) in [7, 11) is 0. The summed E-state index contributed by atoms with van der Waals surface area (Å²) in [6, 6.07) is 25.3. The van der Waals surface area contributed by atoms with Crippen molar-refractivity contribution >= 4 is 57.1 Å². The normalized spacial score (nSPS) is 11.1. The van der Waals surface area contributed by atoms with E-state index in [0.717, 1.165) is 31.0 Å². The fourth-order valence-electron chi connectivity index (χ4n) is 3.64. The van der Waals surface area contributed by atoms with E-state index in [0.29, 0.717) is 29.7 Å². The Morgan fingerprint density at radius 1 is 1.03 bits per heavy atom. The molecule has 1 amide bonds. The van der Waals surface area contributed by atoms with E-state index in [1.54, 1.807) is 6.21 Å². The lowest BCUT2D eigenvalue weighted by Gasteiger charge is -2.15. The van der Waals surface area contributed by atoms with Crippen molar-refractivity contribution in [1.29, 1.82) is 0 Å². The van der Waals surface area contributed by atoms with Crippen LogP contribution in [0.2, 0.25) is 5.02 Å². The van der Waals surface area contributed by atoms with E-state index in [2.05, 4.69) is 33.1 Å². The molecule has 0 aliphatic heterocycles. The van der Waals surface area contributed by atoms with Crippen LogP contribution in [0.4, 0.5) is 0 Å². The summed E-state index contributed by atoms with van der Waals surface area (Å²) in [6.07, 6.45) is 1.85. The SMILES string of the molecule is CCOc1cc(/C=N\NC(=O)Cc2cccc3ccccc23)cc(I)c1OCc1ccc(Cl)cc1. The fraction of sp³-hybridized carbons (Fsp3) is 0.143. The molecule has 0 radical (unpaired) electrons. The molecule has 4 aromatic rings. The number of nitrogens with one attached hydrogen (secondary N) is 1. The Balaban J connectivity index is 1.42. The van der Waals surface area contributed by atoms with Crippen molar-refractivity contribution in [2.45, 2.75) is 20.0 Å². The van der Waals surface area contributed by atoms with Crippen LogP contribution in [0.1, 0.15) is 23.6 Å². The van der Waals surface area contributed by atoms with Gasteiger partial charge in [-0.3, -0.25) is 4.79 Å².